The first-order valence-corrected chi connectivity index (χ1v) is 6.41. The number of ether oxygens (including phenoxy) is 1. The number of nitrogens with one attached hydrogen (secondary N) is 2. The van der Waals surface area contributed by atoms with Gasteiger partial charge in [0.05, 0.1) is 5.51 Å². The summed E-state index contributed by atoms with van der Waals surface area (Å²) >= 11 is 1.38. The minimum atomic E-state index is -0.693. The molecule has 0 aliphatic carbocycles. The number of carbonyl (C=O) groups excluding carboxylic acids is 2. The van der Waals surface area contributed by atoms with Crippen molar-refractivity contribution in [3.63, 3.8) is 0 Å². The highest BCUT2D eigenvalue weighted by molar-refractivity contribution is 7.07. The monoisotopic (exact) mass is 271 g/mol. The lowest BCUT2D eigenvalue weighted by Gasteiger charge is -2.21. The number of aromatic nitrogens is 1. The van der Waals surface area contributed by atoms with Crippen molar-refractivity contribution in [1.29, 1.82) is 0 Å². The lowest BCUT2D eigenvalue weighted by atomic mass is 10.2. The summed E-state index contributed by atoms with van der Waals surface area (Å²) in [6.45, 7) is 6.84. The van der Waals surface area contributed by atoms with Crippen LogP contribution in [0.1, 0.15) is 27.7 Å². The average molecular weight is 271 g/mol. The van der Waals surface area contributed by atoms with Crippen LogP contribution >= 0.6 is 11.3 Å². The van der Waals surface area contributed by atoms with E-state index < -0.39 is 17.7 Å². The summed E-state index contributed by atoms with van der Waals surface area (Å²) in [6.07, 6.45) is -0.622. The highest BCUT2D eigenvalue weighted by Crippen LogP contribution is 2.08. The molecule has 0 unspecified atom stereocenters. The van der Waals surface area contributed by atoms with Crippen LogP contribution < -0.4 is 10.6 Å². The van der Waals surface area contributed by atoms with E-state index in [1.54, 1.807) is 38.6 Å². The normalized spacial score (nSPS) is 12.7. The van der Waals surface area contributed by atoms with Gasteiger partial charge in [-0.2, -0.15) is 0 Å². The van der Waals surface area contributed by atoms with E-state index in [-0.39, 0.29) is 5.91 Å². The summed E-state index contributed by atoms with van der Waals surface area (Å²) in [5, 5.41) is 6.74. The van der Waals surface area contributed by atoms with Crippen LogP contribution in [0.15, 0.2) is 10.9 Å². The van der Waals surface area contributed by atoms with E-state index in [2.05, 4.69) is 15.6 Å². The van der Waals surface area contributed by atoms with Crippen molar-refractivity contribution >= 4 is 29.2 Å². The lowest BCUT2D eigenvalue weighted by Crippen LogP contribution is -2.44. The number of hydrogen-bond acceptors (Lipinski definition) is 5. The Morgan fingerprint density at radius 1 is 1.44 bits per heavy atom. The van der Waals surface area contributed by atoms with Crippen molar-refractivity contribution in [1.82, 2.24) is 10.3 Å². The van der Waals surface area contributed by atoms with E-state index >= 15 is 0 Å². The second-order valence-electron chi connectivity index (χ2n) is 4.73. The molecule has 1 atom stereocenters. The number of alkyl carbamates (subject to hydrolysis) is 1. The minimum absolute atomic E-state index is 0.341. The van der Waals surface area contributed by atoms with Crippen LogP contribution in [-0.2, 0) is 9.53 Å². The maximum absolute atomic E-state index is 11.7. The van der Waals surface area contributed by atoms with E-state index in [0.717, 1.165) is 0 Å². The molecule has 2 amide bonds. The van der Waals surface area contributed by atoms with Crippen LogP contribution in [0.2, 0.25) is 0 Å². The summed E-state index contributed by atoms with van der Waals surface area (Å²) in [5.74, 6) is 0.134. The van der Waals surface area contributed by atoms with Gasteiger partial charge in [0, 0.05) is 5.38 Å². The maximum atomic E-state index is 11.7. The Kier molecular flexibility index (Phi) is 4.66. The van der Waals surface area contributed by atoms with Gasteiger partial charge in [0.15, 0.2) is 0 Å². The van der Waals surface area contributed by atoms with E-state index in [1.807, 2.05) is 0 Å². The van der Waals surface area contributed by atoms with Crippen molar-refractivity contribution in [2.45, 2.75) is 39.3 Å². The van der Waals surface area contributed by atoms with E-state index in [4.69, 9.17) is 4.74 Å². The fraction of sp³-hybridized carbons (Fsp3) is 0.545. The molecule has 7 heteroatoms. The van der Waals surface area contributed by atoms with Gasteiger partial charge in [0.25, 0.3) is 0 Å². The van der Waals surface area contributed by atoms with Crippen LogP contribution in [0.4, 0.5) is 10.6 Å². The third-order valence-electron chi connectivity index (χ3n) is 1.81. The average Bonchev–Trinajstić information content (AvgIpc) is 2.66. The van der Waals surface area contributed by atoms with Crippen molar-refractivity contribution in [2.75, 3.05) is 5.32 Å². The predicted octanol–water partition coefficient (Wildman–Crippen LogP) is 1.99. The smallest absolute Gasteiger partial charge is 0.408 e. The number of nitrogens with zero attached hydrogens (tertiary/aromatic N) is 1. The van der Waals surface area contributed by atoms with Gasteiger partial charge < -0.3 is 15.4 Å². The fourth-order valence-corrected chi connectivity index (χ4v) is 1.54. The molecule has 0 aromatic carbocycles. The number of rotatable bonds is 3. The zero-order valence-electron chi connectivity index (χ0n) is 10.8. The molecule has 1 rings (SSSR count). The van der Waals surface area contributed by atoms with Gasteiger partial charge in [-0.05, 0) is 27.7 Å². The molecular weight excluding hydrogens is 254 g/mol. The molecular formula is C11H17N3O3S. The van der Waals surface area contributed by atoms with Crippen LogP contribution in [0.3, 0.4) is 0 Å². The second kappa shape index (κ2) is 5.81. The van der Waals surface area contributed by atoms with Crippen molar-refractivity contribution < 1.29 is 14.3 Å². The van der Waals surface area contributed by atoms with Gasteiger partial charge in [-0.25, -0.2) is 9.78 Å². The van der Waals surface area contributed by atoms with Crippen LogP contribution in [0.25, 0.3) is 0 Å². The largest absolute Gasteiger partial charge is 0.444 e. The minimum Gasteiger partial charge on any atom is -0.444 e. The van der Waals surface area contributed by atoms with Crippen molar-refractivity contribution in [3.8, 4) is 0 Å². The maximum Gasteiger partial charge on any atom is 0.408 e. The topological polar surface area (TPSA) is 80.3 Å². The van der Waals surface area contributed by atoms with Gasteiger partial charge in [0.1, 0.15) is 17.5 Å². The molecule has 2 N–H and O–H groups in total. The number of hydrogen-bond donors (Lipinski definition) is 2. The Hall–Kier alpha value is -1.63. The summed E-state index contributed by atoms with van der Waals surface area (Å²) in [5.41, 5.74) is 1.02. The molecule has 0 saturated carbocycles. The molecule has 0 bridgehead atoms. The molecule has 0 saturated heterocycles. The molecule has 0 aliphatic heterocycles. The highest BCUT2D eigenvalue weighted by atomic mass is 32.1. The lowest BCUT2D eigenvalue weighted by molar-refractivity contribution is -0.117. The molecule has 100 valence electrons. The quantitative estimate of drug-likeness (QED) is 0.881. The van der Waals surface area contributed by atoms with Gasteiger partial charge in [-0.3, -0.25) is 4.79 Å². The van der Waals surface area contributed by atoms with Crippen LogP contribution in [0.5, 0.6) is 0 Å². The van der Waals surface area contributed by atoms with Gasteiger partial charge >= 0.3 is 6.09 Å². The third kappa shape index (κ3) is 5.13. The highest BCUT2D eigenvalue weighted by Gasteiger charge is 2.21. The zero-order chi connectivity index (χ0) is 13.8. The standard InChI is InChI=1S/C11H17N3O3S/c1-7(13-10(16)17-11(2,3)4)9(15)14-8-5-18-6-12-8/h5-7H,1-4H3,(H,13,16)(H,14,15)/t7-/m0/s1. The zero-order valence-corrected chi connectivity index (χ0v) is 11.6. The molecule has 1 aromatic rings. The number of carbonyl (C=O) groups is 2. The van der Waals surface area contributed by atoms with Crippen LogP contribution in [-0.4, -0.2) is 28.6 Å². The molecule has 6 nitrogen and oxygen atoms in total. The molecule has 0 fully saturated rings. The summed E-state index contributed by atoms with van der Waals surface area (Å²) < 4.78 is 5.05. The summed E-state index contributed by atoms with van der Waals surface area (Å²) in [7, 11) is 0. The molecule has 1 aromatic heterocycles. The summed E-state index contributed by atoms with van der Waals surface area (Å²) in [6, 6.07) is -0.693. The molecule has 1 heterocycles. The summed E-state index contributed by atoms with van der Waals surface area (Å²) in [4.78, 5) is 27.1. The van der Waals surface area contributed by atoms with Crippen molar-refractivity contribution in [2.24, 2.45) is 0 Å². The predicted molar refractivity (Wildman–Crippen MR) is 69.6 cm³/mol. The first-order chi connectivity index (χ1) is 8.28. The molecule has 0 aliphatic rings. The second-order valence-corrected chi connectivity index (χ2v) is 5.45. The van der Waals surface area contributed by atoms with Gasteiger partial charge in [0.2, 0.25) is 5.91 Å². The fourth-order valence-electron chi connectivity index (χ4n) is 1.06. The van der Waals surface area contributed by atoms with Crippen LogP contribution in [0, 0.1) is 0 Å². The molecule has 0 spiro atoms. The Bertz CT molecular complexity index is 412. The van der Waals surface area contributed by atoms with E-state index in [0.29, 0.717) is 5.82 Å². The van der Waals surface area contributed by atoms with E-state index in [1.165, 1.54) is 11.3 Å². The van der Waals surface area contributed by atoms with E-state index in [9.17, 15) is 9.59 Å². The Labute approximate surface area is 110 Å². The number of thiazole rings is 1. The third-order valence-corrected chi connectivity index (χ3v) is 2.40. The number of amides is 2. The number of anilines is 1. The first kappa shape index (κ1) is 14.4. The Balaban J connectivity index is 2.42. The molecule has 0 radical (unpaired) electrons. The molecule has 18 heavy (non-hydrogen) atoms. The van der Waals surface area contributed by atoms with Gasteiger partial charge in [-0.15, -0.1) is 11.3 Å². The first-order valence-electron chi connectivity index (χ1n) is 5.46. The SMILES string of the molecule is C[C@H](NC(=O)OC(C)(C)C)C(=O)Nc1cscn1. The Morgan fingerprint density at radius 2 is 2.11 bits per heavy atom. The van der Waals surface area contributed by atoms with Crippen molar-refractivity contribution in [3.05, 3.63) is 10.9 Å². The van der Waals surface area contributed by atoms with Gasteiger partial charge in [-0.1, -0.05) is 0 Å². The Morgan fingerprint density at radius 3 is 2.61 bits per heavy atom.